The first-order valence-electron chi connectivity index (χ1n) is 13.5. The summed E-state index contributed by atoms with van der Waals surface area (Å²) in [7, 11) is 0. The fourth-order valence-electron chi connectivity index (χ4n) is 5.74. The number of benzene rings is 2. The van der Waals surface area contributed by atoms with Crippen molar-refractivity contribution in [1.29, 1.82) is 0 Å². The summed E-state index contributed by atoms with van der Waals surface area (Å²) in [6.45, 7) is 3.86. The second-order valence-corrected chi connectivity index (χ2v) is 10.7. The SMILES string of the molecule is O=C(C[C@@H]1CCN2C[C@@H]1C=CCOc1ccccc1CN(Cc1ccc(F)cc1)CC2=O)N1CC[C@@H](O)C1. The molecule has 0 radical (unpaired) electrons. The Morgan fingerprint density at radius 2 is 1.84 bits per heavy atom. The van der Waals surface area contributed by atoms with Crippen LogP contribution in [0, 0.1) is 17.7 Å². The van der Waals surface area contributed by atoms with Crippen molar-refractivity contribution in [2.45, 2.75) is 38.5 Å². The van der Waals surface area contributed by atoms with E-state index in [1.807, 2.05) is 35.2 Å². The van der Waals surface area contributed by atoms with E-state index in [0.717, 1.165) is 23.3 Å². The number of hydrogen-bond donors (Lipinski definition) is 1. The average Bonchev–Trinajstić information content (AvgIpc) is 3.35. The van der Waals surface area contributed by atoms with Crippen LogP contribution in [0.15, 0.2) is 60.7 Å². The van der Waals surface area contributed by atoms with Crippen molar-refractivity contribution in [2.24, 2.45) is 11.8 Å². The number of carbonyl (C=O) groups excluding carboxylic acids is 2. The highest BCUT2D eigenvalue weighted by atomic mass is 19.1. The van der Waals surface area contributed by atoms with Gasteiger partial charge in [0.2, 0.25) is 11.8 Å². The predicted octanol–water partition coefficient (Wildman–Crippen LogP) is 3.22. The highest BCUT2D eigenvalue weighted by Crippen LogP contribution is 2.30. The molecule has 0 spiro atoms. The molecule has 2 amide bonds. The first-order chi connectivity index (χ1) is 18.4. The largest absolute Gasteiger partial charge is 0.489 e. The molecule has 2 aromatic rings. The number of likely N-dealkylation sites (tertiary alicyclic amines) is 1. The van der Waals surface area contributed by atoms with Crippen LogP contribution in [0.25, 0.3) is 0 Å². The first kappa shape index (κ1) is 26.4. The maximum absolute atomic E-state index is 13.5. The van der Waals surface area contributed by atoms with E-state index in [0.29, 0.717) is 58.7 Å². The summed E-state index contributed by atoms with van der Waals surface area (Å²) in [6.07, 6.45) is 5.48. The number of fused-ring (bicyclic) bond motifs is 3. The molecule has 1 N–H and O–H groups in total. The first-order valence-corrected chi connectivity index (χ1v) is 13.5. The quantitative estimate of drug-likeness (QED) is 0.626. The lowest BCUT2D eigenvalue weighted by atomic mass is 9.82. The van der Waals surface area contributed by atoms with E-state index in [9.17, 15) is 19.1 Å². The smallest absolute Gasteiger partial charge is 0.236 e. The number of nitrogens with zero attached hydrogens (tertiary/aromatic N) is 3. The van der Waals surface area contributed by atoms with Crippen molar-refractivity contribution in [3.05, 3.63) is 77.6 Å². The average molecular weight is 522 g/mol. The Bertz CT molecular complexity index is 1150. The van der Waals surface area contributed by atoms with E-state index in [2.05, 4.69) is 11.0 Å². The van der Waals surface area contributed by atoms with E-state index in [1.54, 1.807) is 17.0 Å². The minimum Gasteiger partial charge on any atom is -0.489 e. The number of rotatable bonds is 4. The number of amides is 2. The van der Waals surface area contributed by atoms with Crippen LogP contribution in [0.1, 0.15) is 30.4 Å². The van der Waals surface area contributed by atoms with Crippen molar-refractivity contribution in [3.8, 4) is 5.75 Å². The molecule has 0 aliphatic carbocycles. The molecule has 0 aromatic heterocycles. The number of carbonyl (C=O) groups is 2. The van der Waals surface area contributed by atoms with Crippen molar-refractivity contribution in [3.63, 3.8) is 0 Å². The third kappa shape index (κ3) is 6.60. The molecule has 3 heterocycles. The fraction of sp³-hybridized carbons (Fsp3) is 0.467. The molecule has 0 saturated carbocycles. The number of aliphatic hydroxyl groups is 1. The van der Waals surface area contributed by atoms with Gasteiger partial charge in [-0.25, -0.2) is 4.39 Å². The van der Waals surface area contributed by atoms with E-state index in [1.165, 1.54) is 12.1 Å². The zero-order chi connectivity index (χ0) is 26.5. The summed E-state index contributed by atoms with van der Waals surface area (Å²) in [5.74, 6) is 0.807. The van der Waals surface area contributed by atoms with Gasteiger partial charge in [-0.1, -0.05) is 42.5 Å². The number of piperidine rings is 1. The topological polar surface area (TPSA) is 73.3 Å². The zero-order valence-electron chi connectivity index (χ0n) is 21.7. The summed E-state index contributed by atoms with van der Waals surface area (Å²) < 4.78 is 19.6. The Morgan fingerprint density at radius 3 is 2.63 bits per heavy atom. The molecule has 2 fully saturated rings. The van der Waals surface area contributed by atoms with Gasteiger partial charge in [0.1, 0.15) is 18.2 Å². The third-order valence-corrected chi connectivity index (χ3v) is 7.88. The summed E-state index contributed by atoms with van der Waals surface area (Å²) in [6, 6.07) is 14.2. The van der Waals surface area contributed by atoms with Crippen molar-refractivity contribution >= 4 is 11.8 Å². The summed E-state index contributed by atoms with van der Waals surface area (Å²) in [5, 5.41) is 9.84. The molecule has 0 unspecified atom stereocenters. The fourth-order valence-corrected chi connectivity index (χ4v) is 5.74. The van der Waals surface area contributed by atoms with Gasteiger partial charge < -0.3 is 19.6 Å². The maximum Gasteiger partial charge on any atom is 0.236 e. The molecule has 38 heavy (non-hydrogen) atoms. The number of ether oxygens (including phenoxy) is 1. The standard InChI is InChI=1S/C30H36FN3O4/c31-26-9-7-22(8-10-26)17-32-18-25-4-1-2-6-28(25)38-15-3-5-24-19-33(30(37)21-32)13-11-23(24)16-29(36)34-14-12-27(35)20-34/h1-10,23-24,27,35H,11-21H2/t23-,24-,27+/m0/s1. The van der Waals surface area contributed by atoms with Crippen LogP contribution < -0.4 is 4.74 Å². The molecule has 8 heteroatoms. The number of aliphatic hydroxyl groups excluding tert-OH is 1. The Morgan fingerprint density at radius 1 is 1.03 bits per heavy atom. The van der Waals surface area contributed by atoms with Crippen LogP contribution in [0.2, 0.25) is 0 Å². The van der Waals surface area contributed by atoms with Crippen LogP contribution in [0.4, 0.5) is 4.39 Å². The van der Waals surface area contributed by atoms with Gasteiger partial charge in [-0.05, 0) is 48.4 Å². The number of halogens is 1. The highest BCUT2D eigenvalue weighted by Gasteiger charge is 2.34. The normalized spacial score (nSPS) is 24.7. The van der Waals surface area contributed by atoms with Gasteiger partial charge in [0.15, 0.2) is 0 Å². The summed E-state index contributed by atoms with van der Waals surface area (Å²) in [4.78, 5) is 32.2. The van der Waals surface area contributed by atoms with Crippen LogP contribution in [0.5, 0.6) is 5.75 Å². The second kappa shape index (κ2) is 12.1. The Hall–Kier alpha value is -3.23. The van der Waals surface area contributed by atoms with Gasteiger partial charge >= 0.3 is 0 Å². The molecule has 2 saturated heterocycles. The van der Waals surface area contributed by atoms with Gasteiger partial charge in [-0.3, -0.25) is 14.5 Å². The molecule has 3 aliphatic rings. The predicted molar refractivity (Wildman–Crippen MR) is 142 cm³/mol. The Balaban J connectivity index is 1.34. The molecule has 3 aliphatic heterocycles. The van der Waals surface area contributed by atoms with Crippen molar-refractivity contribution in [2.75, 3.05) is 39.3 Å². The molecular formula is C30H36FN3O4. The Kier molecular flexibility index (Phi) is 8.39. The van der Waals surface area contributed by atoms with Crippen LogP contribution in [0.3, 0.4) is 0 Å². The van der Waals surface area contributed by atoms with Crippen LogP contribution in [-0.2, 0) is 22.7 Å². The van der Waals surface area contributed by atoms with Crippen molar-refractivity contribution < 1.29 is 23.8 Å². The van der Waals surface area contributed by atoms with Crippen LogP contribution in [-0.4, -0.2) is 77.1 Å². The highest BCUT2D eigenvalue weighted by molar-refractivity contribution is 5.79. The molecule has 2 bridgehead atoms. The lowest BCUT2D eigenvalue weighted by Crippen LogP contribution is -2.47. The van der Waals surface area contributed by atoms with Gasteiger partial charge in [0, 0.05) is 51.3 Å². The minimum absolute atomic E-state index is 0.0503. The molecule has 7 nitrogen and oxygen atoms in total. The lowest BCUT2D eigenvalue weighted by molar-refractivity contribution is -0.136. The van der Waals surface area contributed by atoms with E-state index < -0.39 is 6.10 Å². The number of hydrogen-bond acceptors (Lipinski definition) is 5. The van der Waals surface area contributed by atoms with Gasteiger partial charge in [0.25, 0.3) is 0 Å². The minimum atomic E-state index is -0.429. The van der Waals surface area contributed by atoms with E-state index in [-0.39, 0.29) is 36.0 Å². The monoisotopic (exact) mass is 521 g/mol. The lowest BCUT2D eigenvalue weighted by Gasteiger charge is -2.38. The van der Waals surface area contributed by atoms with Crippen molar-refractivity contribution in [1.82, 2.24) is 14.7 Å². The molecule has 5 rings (SSSR count). The van der Waals surface area contributed by atoms with Gasteiger partial charge in [0.05, 0.1) is 12.6 Å². The maximum atomic E-state index is 13.5. The molecule has 2 aromatic carbocycles. The third-order valence-electron chi connectivity index (χ3n) is 7.88. The van der Waals surface area contributed by atoms with Gasteiger partial charge in [-0.15, -0.1) is 0 Å². The zero-order valence-corrected chi connectivity index (χ0v) is 21.7. The summed E-state index contributed by atoms with van der Waals surface area (Å²) >= 11 is 0. The van der Waals surface area contributed by atoms with E-state index >= 15 is 0 Å². The van der Waals surface area contributed by atoms with Gasteiger partial charge in [-0.2, -0.15) is 0 Å². The molecular weight excluding hydrogens is 485 g/mol. The second-order valence-electron chi connectivity index (χ2n) is 10.7. The molecule has 202 valence electrons. The number of β-amino-alcohol motifs (C(OH)–C–C–N with tert-alkyl or cyclic N) is 1. The summed E-state index contributed by atoms with van der Waals surface area (Å²) in [5.41, 5.74) is 1.93. The van der Waals surface area contributed by atoms with Crippen LogP contribution >= 0.6 is 0 Å². The van der Waals surface area contributed by atoms with E-state index in [4.69, 9.17) is 4.74 Å². The number of para-hydroxylation sites is 1. The Labute approximate surface area is 223 Å². The molecule has 3 atom stereocenters.